The van der Waals surface area contributed by atoms with Crippen molar-refractivity contribution in [1.82, 2.24) is 15.0 Å². The van der Waals surface area contributed by atoms with Gasteiger partial charge in [0.15, 0.2) is 0 Å². The smallest absolute Gasteiger partial charge is 0.267 e. The van der Waals surface area contributed by atoms with Gasteiger partial charge in [0.25, 0.3) is 5.91 Å². The molecule has 0 bridgehead atoms. The van der Waals surface area contributed by atoms with Crippen molar-refractivity contribution in [2.75, 3.05) is 0 Å². The van der Waals surface area contributed by atoms with Crippen molar-refractivity contribution in [2.24, 2.45) is 0 Å². The maximum absolute atomic E-state index is 12.6. The van der Waals surface area contributed by atoms with Gasteiger partial charge in [0.2, 0.25) is 10.0 Å². The Morgan fingerprint density at radius 1 is 0.885 bits per heavy atom. The summed E-state index contributed by atoms with van der Waals surface area (Å²) in [6, 6.07) is 1.64. The molecule has 0 aromatic carbocycles. The quantitative estimate of drug-likeness (QED) is 0.682. The van der Waals surface area contributed by atoms with Crippen LogP contribution in [0.25, 0.3) is 0 Å². The molecule has 1 aromatic heterocycles. The predicted octanol–water partition coefficient (Wildman–Crippen LogP) is 3.47. The monoisotopic (exact) mass is 381 g/mol. The lowest BCUT2D eigenvalue weighted by molar-refractivity contribution is 0.0929. The van der Waals surface area contributed by atoms with Crippen molar-refractivity contribution in [1.29, 1.82) is 0 Å². The van der Waals surface area contributed by atoms with Gasteiger partial charge < -0.3 is 10.3 Å². The van der Waals surface area contributed by atoms with E-state index in [2.05, 4.69) is 15.0 Å². The Morgan fingerprint density at radius 2 is 1.42 bits per heavy atom. The highest BCUT2D eigenvalue weighted by Crippen LogP contribution is 2.21. The minimum Gasteiger partial charge on any atom is -0.356 e. The first-order valence-electron chi connectivity index (χ1n) is 10.1. The number of sulfonamides is 1. The van der Waals surface area contributed by atoms with Crippen molar-refractivity contribution >= 4 is 15.9 Å². The van der Waals surface area contributed by atoms with Gasteiger partial charge in [0, 0.05) is 18.3 Å². The zero-order valence-corrected chi connectivity index (χ0v) is 16.2. The first kappa shape index (κ1) is 19.4. The second kappa shape index (κ2) is 9.04. The van der Waals surface area contributed by atoms with Crippen LogP contribution in [0.5, 0.6) is 0 Å². The van der Waals surface area contributed by atoms with Crippen LogP contribution in [0.2, 0.25) is 0 Å². The summed E-state index contributed by atoms with van der Waals surface area (Å²) >= 11 is 0. The molecule has 2 aliphatic carbocycles. The lowest BCUT2D eigenvalue weighted by Crippen LogP contribution is -2.35. The maximum atomic E-state index is 12.6. The Labute approximate surface area is 156 Å². The summed E-state index contributed by atoms with van der Waals surface area (Å²) in [5.74, 6) is -0.215. The van der Waals surface area contributed by atoms with Crippen LogP contribution < -0.4 is 10.0 Å². The summed E-state index contributed by atoms with van der Waals surface area (Å²) in [6.07, 6.45) is 14.4. The third kappa shape index (κ3) is 5.33. The number of aromatic amines is 1. The number of amides is 1. The largest absolute Gasteiger partial charge is 0.356 e. The Kier molecular flexibility index (Phi) is 6.75. The highest BCUT2D eigenvalue weighted by Gasteiger charge is 2.24. The number of hydrogen-bond donors (Lipinski definition) is 3. The van der Waals surface area contributed by atoms with E-state index in [4.69, 9.17) is 0 Å². The van der Waals surface area contributed by atoms with Gasteiger partial charge in [-0.2, -0.15) is 0 Å². The highest BCUT2D eigenvalue weighted by molar-refractivity contribution is 7.89. The molecule has 0 atom stereocenters. The van der Waals surface area contributed by atoms with Crippen LogP contribution in [0, 0.1) is 0 Å². The lowest BCUT2D eigenvalue weighted by Gasteiger charge is -2.16. The number of H-pyrrole nitrogens is 1. The summed E-state index contributed by atoms with van der Waals surface area (Å²) in [5.41, 5.74) is 0.315. The SMILES string of the molecule is O=C(NC1CCCCCC1)c1cc(S(=O)(=O)NC2CCCCCC2)c[nH]1. The minimum absolute atomic E-state index is 0.000616. The molecule has 3 N–H and O–H groups in total. The topological polar surface area (TPSA) is 91.1 Å². The molecular weight excluding hydrogens is 350 g/mol. The van der Waals surface area contributed by atoms with Crippen LogP contribution in [0.4, 0.5) is 0 Å². The van der Waals surface area contributed by atoms with Crippen LogP contribution in [0.1, 0.15) is 87.5 Å². The number of rotatable bonds is 5. The number of carbonyl (C=O) groups excluding carboxylic acids is 1. The van der Waals surface area contributed by atoms with E-state index in [0.717, 1.165) is 51.4 Å². The fourth-order valence-electron chi connectivity index (χ4n) is 4.03. The third-order valence-electron chi connectivity index (χ3n) is 5.58. The van der Waals surface area contributed by atoms with E-state index in [1.807, 2.05) is 0 Å². The van der Waals surface area contributed by atoms with E-state index >= 15 is 0 Å². The Hall–Kier alpha value is -1.34. The molecular formula is C19H31N3O3S. The molecule has 0 unspecified atom stereocenters. The fraction of sp³-hybridized carbons (Fsp3) is 0.737. The lowest BCUT2D eigenvalue weighted by atomic mass is 10.1. The molecule has 0 saturated heterocycles. The normalized spacial score (nSPS) is 21.1. The molecule has 6 nitrogen and oxygen atoms in total. The van der Waals surface area contributed by atoms with Crippen LogP contribution in [-0.4, -0.2) is 31.4 Å². The van der Waals surface area contributed by atoms with Gasteiger partial charge in [-0.25, -0.2) is 13.1 Å². The van der Waals surface area contributed by atoms with Crippen molar-refractivity contribution in [2.45, 2.75) is 94.0 Å². The van der Waals surface area contributed by atoms with Crippen molar-refractivity contribution in [3.05, 3.63) is 18.0 Å². The molecule has 146 valence electrons. The molecule has 0 spiro atoms. The van der Waals surface area contributed by atoms with Crippen LogP contribution >= 0.6 is 0 Å². The van der Waals surface area contributed by atoms with E-state index in [9.17, 15) is 13.2 Å². The predicted molar refractivity (Wildman–Crippen MR) is 102 cm³/mol. The van der Waals surface area contributed by atoms with Gasteiger partial charge in [-0.05, 0) is 31.7 Å². The standard InChI is InChI=1S/C19H31N3O3S/c23-19(21-15-9-5-1-2-6-10-15)18-13-17(14-20-18)26(24,25)22-16-11-7-3-4-8-12-16/h13-16,20,22H,1-12H2,(H,21,23). The van der Waals surface area contributed by atoms with Crippen LogP contribution in [-0.2, 0) is 10.0 Å². The van der Waals surface area contributed by atoms with E-state index in [1.165, 1.54) is 37.9 Å². The molecule has 3 rings (SSSR count). The van der Waals surface area contributed by atoms with Gasteiger partial charge in [-0.3, -0.25) is 4.79 Å². The Bertz CT molecular complexity index is 683. The molecule has 7 heteroatoms. The first-order valence-corrected chi connectivity index (χ1v) is 11.5. The Morgan fingerprint density at radius 3 is 2.00 bits per heavy atom. The van der Waals surface area contributed by atoms with E-state index in [1.54, 1.807) is 0 Å². The van der Waals surface area contributed by atoms with Gasteiger partial charge in [-0.1, -0.05) is 51.4 Å². The maximum Gasteiger partial charge on any atom is 0.267 e. The molecule has 26 heavy (non-hydrogen) atoms. The summed E-state index contributed by atoms with van der Waals surface area (Å²) in [5, 5.41) is 3.04. The van der Waals surface area contributed by atoms with Crippen LogP contribution in [0.3, 0.4) is 0 Å². The molecule has 2 fully saturated rings. The van der Waals surface area contributed by atoms with Gasteiger partial charge in [0.1, 0.15) is 10.6 Å². The molecule has 0 radical (unpaired) electrons. The van der Waals surface area contributed by atoms with E-state index in [-0.39, 0.29) is 22.9 Å². The fourth-order valence-corrected chi connectivity index (χ4v) is 5.33. The van der Waals surface area contributed by atoms with Crippen molar-refractivity contribution in [3.8, 4) is 0 Å². The second-order valence-corrected chi connectivity index (χ2v) is 9.43. The summed E-state index contributed by atoms with van der Waals surface area (Å²) < 4.78 is 28.1. The third-order valence-corrected chi connectivity index (χ3v) is 7.08. The van der Waals surface area contributed by atoms with E-state index in [0.29, 0.717) is 5.69 Å². The number of carbonyl (C=O) groups is 1. The summed E-state index contributed by atoms with van der Waals surface area (Å²) in [7, 11) is -3.59. The molecule has 1 amide bonds. The molecule has 0 aliphatic heterocycles. The summed E-state index contributed by atoms with van der Waals surface area (Å²) in [4.78, 5) is 15.4. The van der Waals surface area contributed by atoms with Crippen LogP contribution in [0.15, 0.2) is 17.2 Å². The molecule has 1 aromatic rings. The minimum atomic E-state index is -3.59. The zero-order chi connectivity index (χ0) is 18.4. The highest BCUT2D eigenvalue weighted by atomic mass is 32.2. The Balaban J connectivity index is 1.61. The first-order chi connectivity index (χ1) is 12.5. The second-order valence-electron chi connectivity index (χ2n) is 7.72. The average molecular weight is 382 g/mol. The number of hydrogen-bond acceptors (Lipinski definition) is 3. The van der Waals surface area contributed by atoms with Crippen molar-refractivity contribution < 1.29 is 13.2 Å². The number of nitrogens with one attached hydrogen (secondary N) is 3. The molecule has 2 aliphatic rings. The number of aromatic nitrogens is 1. The van der Waals surface area contributed by atoms with E-state index < -0.39 is 10.0 Å². The molecule has 2 saturated carbocycles. The molecule has 1 heterocycles. The van der Waals surface area contributed by atoms with Gasteiger partial charge >= 0.3 is 0 Å². The average Bonchev–Trinajstić information content (AvgIpc) is 2.79. The van der Waals surface area contributed by atoms with Gasteiger partial charge in [-0.15, -0.1) is 0 Å². The summed E-state index contributed by atoms with van der Waals surface area (Å²) in [6.45, 7) is 0. The zero-order valence-electron chi connectivity index (χ0n) is 15.4. The van der Waals surface area contributed by atoms with Gasteiger partial charge in [0.05, 0.1) is 0 Å². The van der Waals surface area contributed by atoms with Crippen molar-refractivity contribution in [3.63, 3.8) is 0 Å².